The van der Waals surface area contributed by atoms with Crippen LogP contribution >= 0.6 is 0 Å². The second kappa shape index (κ2) is 5.65. The van der Waals surface area contributed by atoms with Crippen molar-refractivity contribution in [3.63, 3.8) is 0 Å². The third-order valence-corrected chi connectivity index (χ3v) is 3.27. The minimum atomic E-state index is -3.71. The van der Waals surface area contributed by atoms with E-state index in [4.69, 9.17) is 10.9 Å². The average molecular weight is 266 g/mol. The first-order valence-electron chi connectivity index (χ1n) is 5.27. The van der Waals surface area contributed by atoms with Gasteiger partial charge in [0, 0.05) is 5.54 Å². The van der Waals surface area contributed by atoms with E-state index >= 15 is 0 Å². The fourth-order valence-corrected chi connectivity index (χ4v) is 2.79. The lowest BCUT2D eigenvalue weighted by Crippen LogP contribution is -2.54. The van der Waals surface area contributed by atoms with Crippen LogP contribution in [0.1, 0.15) is 34.6 Å². The zero-order valence-electron chi connectivity index (χ0n) is 10.9. The summed E-state index contributed by atoms with van der Waals surface area (Å²) in [7, 11) is -3.71. The van der Waals surface area contributed by atoms with Crippen LogP contribution < -0.4 is 15.2 Å². The molecule has 8 heteroatoms. The molecule has 0 aliphatic rings. The van der Waals surface area contributed by atoms with Gasteiger partial charge in [-0.1, -0.05) is 19.0 Å². The maximum atomic E-state index is 11.8. The Morgan fingerprint density at radius 2 is 1.82 bits per heavy atom. The van der Waals surface area contributed by atoms with Gasteiger partial charge in [-0.3, -0.25) is 0 Å². The largest absolute Gasteiger partial charge is 0.409 e. The van der Waals surface area contributed by atoms with Crippen LogP contribution in [0.25, 0.3) is 0 Å². The first-order valence-corrected chi connectivity index (χ1v) is 6.75. The van der Waals surface area contributed by atoms with Crippen LogP contribution in [0.15, 0.2) is 5.16 Å². The van der Waals surface area contributed by atoms with Gasteiger partial charge in [0.15, 0.2) is 5.84 Å². The summed E-state index contributed by atoms with van der Waals surface area (Å²) in [5.41, 5.74) is 4.84. The number of rotatable bonds is 5. The number of oxime groups is 1. The number of hydrogen-bond donors (Lipinski definition) is 4. The molecular weight excluding hydrogens is 244 g/mol. The van der Waals surface area contributed by atoms with Crippen molar-refractivity contribution in [3.8, 4) is 0 Å². The maximum absolute atomic E-state index is 11.8. The van der Waals surface area contributed by atoms with E-state index in [1.54, 1.807) is 34.6 Å². The molecule has 0 aromatic rings. The Labute approximate surface area is 103 Å². The van der Waals surface area contributed by atoms with Crippen molar-refractivity contribution in [2.45, 2.75) is 46.2 Å². The van der Waals surface area contributed by atoms with Crippen molar-refractivity contribution < 1.29 is 13.6 Å². The average Bonchev–Trinajstić information content (AvgIpc) is 2.08. The van der Waals surface area contributed by atoms with Gasteiger partial charge in [-0.05, 0) is 26.7 Å². The number of nitrogens with zero attached hydrogens (tertiary/aromatic N) is 1. The molecule has 0 amide bonds. The van der Waals surface area contributed by atoms with Crippen LogP contribution in [0.4, 0.5) is 0 Å². The van der Waals surface area contributed by atoms with Crippen LogP contribution in [0.5, 0.6) is 0 Å². The van der Waals surface area contributed by atoms with Crippen molar-refractivity contribution >= 4 is 16.0 Å². The van der Waals surface area contributed by atoms with Gasteiger partial charge in [0.05, 0.1) is 6.04 Å². The Balaban J connectivity index is 4.90. The molecule has 1 atom stereocenters. The zero-order valence-corrected chi connectivity index (χ0v) is 11.7. The Hall–Kier alpha value is -0.860. The highest BCUT2D eigenvalue weighted by molar-refractivity contribution is 7.87. The molecule has 0 bridgehead atoms. The lowest BCUT2D eigenvalue weighted by molar-refractivity contribution is 0.313. The number of amidine groups is 1. The molecule has 17 heavy (non-hydrogen) atoms. The third kappa shape index (κ3) is 6.44. The summed E-state index contributed by atoms with van der Waals surface area (Å²) in [6, 6.07) is -0.750. The van der Waals surface area contributed by atoms with Crippen molar-refractivity contribution in [2.24, 2.45) is 16.8 Å². The van der Waals surface area contributed by atoms with E-state index in [1.807, 2.05) is 0 Å². The van der Waals surface area contributed by atoms with E-state index in [0.29, 0.717) is 0 Å². The second-order valence-corrected chi connectivity index (χ2v) is 6.67. The minimum absolute atomic E-state index is 0.137. The highest BCUT2D eigenvalue weighted by Crippen LogP contribution is 2.06. The monoisotopic (exact) mass is 266 g/mol. The van der Waals surface area contributed by atoms with E-state index in [2.05, 4.69) is 14.6 Å². The van der Waals surface area contributed by atoms with Crippen molar-refractivity contribution in [1.29, 1.82) is 0 Å². The first-order chi connectivity index (χ1) is 7.48. The number of hydrogen-bond acceptors (Lipinski definition) is 4. The summed E-state index contributed by atoms with van der Waals surface area (Å²) in [6.45, 7) is 8.70. The number of nitrogens with one attached hydrogen (secondary N) is 2. The van der Waals surface area contributed by atoms with Crippen LogP contribution in [0.3, 0.4) is 0 Å². The molecule has 0 aromatic carbocycles. The molecule has 7 nitrogen and oxygen atoms in total. The van der Waals surface area contributed by atoms with Crippen LogP contribution in [0, 0.1) is 5.92 Å². The summed E-state index contributed by atoms with van der Waals surface area (Å²) in [6.07, 6.45) is 0. The number of nitrogens with two attached hydrogens (primary N) is 1. The summed E-state index contributed by atoms with van der Waals surface area (Å²) in [5, 5.41) is 11.4. The summed E-state index contributed by atoms with van der Waals surface area (Å²) in [5.74, 6) is -0.304. The Kier molecular flexibility index (Phi) is 5.37. The lowest BCUT2D eigenvalue weighted by Gasteiger charge is -2.25. The second-order valence-electron chi connectivity index (χ2n) is 5.22. The molecule has 0 aliphatic carbocycles. The van der Waals surface area contributed by atoms with E-state index < -0.39 is 21.8 Å². The van der Waals surface area contributed by atoms with E-state index in [-0.39, 0.29) is 11.8 Å². The molecule has 0 aliphatic heterocycles. The molecule has 0 spiro atoms. The summed E-state index contributed by atoms with van der Waals surface area (Å²) in [4.78, 5) is 0. The van der Waals surface area contributed by atoms with Gasteiger partial charge in [-0.2, -0.15) is 17.9 Å². The SMILES string of the molecule is CC(C)C(NS(=O)(=O)NC(C)(C)C)C(N)=NO. The van der Waals surface area contributed by atoms with Gasteiger partial charge in [-0.25, -0.2) is 0 Å². The summed E-state index contributed by atoms with van der Waals surface area (Å²) < 4.78 is 28.3. The highest BCUT2D eigenvalue weighted by atomic mass is 32.2. The van der Waals surface area contributed by atoms with Crippen molar-refractivity contribution in [1.82, 2.24) is 9.44 Å². The molecule has 5 N–H and O–H groups in total. The fourth-order valence-electron chi connectivity index (χ4n) is 1.20. The van der Waals surface area contributed by atoms with Crippen LogP contribution in [0.2, 0.25) is 0 Å². The normalized spacial score (nSPS) is 16.2. The van der Waals surface area contributed by atoms with Crippen molar-refractivity contribution in [3.05, 3.63) is 0 Å². The van der Waals surface area contributed by atoms with E-state index in [9.17, 15) is 8.42 Å². The topological polar surface area (TPSA) is 117 Å². The predicted molar refractivity (Wildman–Crippen MR) is 67.0 cm³/mol. The van der Waals surface area contributed by atoms with Gasteiger partial charge in [0.2, 0.25) is 0 Å². The highest BCUT2D eigenvalue weighted by Gasteiger charge is 2.27. The molecule has 0 saturated heterocycles. The third-order valence-electron chi connectivity index (χ3n) is 1.82. The lowest BCUT2D eigenvalue weighted by atomic mass is 10.1. The molecule has 0 heterocycles. The smallest absolute Gasteiger partial charge is 0.278 e. The Morgan fingerprint density at radius 1 is 1.35 bits per heavy atom. The van der Waals surface area contributed by atoms with Crippen LogP contribution in [-0.4, -0.2) is 31.0 Å². The maximum Gasteiger partial charge on any atom is 0.278 e. The molecule has 0 radical (unpaired) electrons. The minimum Gasteiger partial charge on any atom is -0.409 e. The molecule has 0 saturated carbocycles. The Bertz CT molecular complexity index is 370. The molecule has 102 valence electrons. The Morgan fingerprint density at radius 3 is 2.12 bits per heavy atom. The standard InChI is InChI=1S/C9H22N4O3S/c1-6(2)7(8(10)11-14)12-17(15,16)13-9(3,4)5/h6-7,12-14H,1-5H3,(H2,10,11). The van der Waals surface area contributed by atoms with Gasteiger partial charge < -0.3 is 10.9 Å². The summed E-state index contributed by atoms with van der Waals surface area (Å²) >= 11 is 0. The molecule has 0 rings (SSSR count). The van der Waals surface area contributed by atoms with Gasteiger partial charge in [0.25, 0.3) is 10.2 Å². The van der Waals surface area contributed by atoms with E-state index in [1.165, 1.54) is 0 Å². The molecule has 1 unspecified atom stereocenters. The predicted octanol–water partition coefficient (Wildman–Crippen LogP) is -0.0201. The van der Waals surface area contributed by atoms with Gasteiger partial charge >= 0.3 is 0 Å². The molecular formula is C9H22N4O3S. The first kappa shape index (κ1) is 16.1. The van der Waals surface area contributed by atoms with Crippen LogP contribution in [-0.2, 0) is 10.2 Å². The van der Waals surface area contributed by atoms with Crippen molar-refractivity contribution in [2.75, 3.05) is 0 Å². The fraction of sp³-hybridized carbons (Fsp3) is 0.889. The van der Waals surface area contributed by atoms with Gasteiger partial charge in [-0.15, -0.1) is 0 Å². The zero-order chi connectivity index (χ0) is 13.9. The quantitative estimate of drug-likeness (QED) is 0.242. The molecule has 0 fully saturated rings. The van der Waals surface area contributed by atoms with Gasteiger partial charge in [0.1, 0.15) is 0 Å². The van der Waals surface area contributed by atoms with E-state index in [0.717, 1.165) is 0 Å². The molecule has 0 aromatic heterocycles.